The Morgan fingerprint density at radius 1 is 1.00 bits per heavy atom. The predicted molar refractivity (Wildman–Crippen MR) is 83.8 cm³/mol. The Bertz CT molecular complexity index is 432. The Kier molecular flexibility index (Phi) is 12.7. The van der Waals surface area contributed by atoms with Gasteiger partial charge in [0.2, 0.25) is 0 Å². The van der Waals surface area contributed by atoms with Crippen LogP contribution in [0.15, 0.2) is 18.2 Å². The maximum atomic E-state index is 11.7. The molecule has 1 aromatic carbocycles. The van der Waals surface area contributed by atoms with Crippen LogP contribution >= 0.6 is 0 Å². The number of hydrogen-bond donors (Lipinski definition) is 1. The number of hydrogen-bond acceptors (Lipinski definition) is 2. The van der Waals surface area contributed by atoms with E-state index in [2.05, 4.69) is 6.92 Å². The number of benzene rings is 1. The zero-order valence-electron chi connectivity index (χ0n) is 14.1. The van der Waals surface area contributed by atoms with Gasteiger partial charge in [-0.05, 0) is 24.5 Å². The normalized spacial score (nSPS) is 10.2. The molecule has 0 heterocycles. The molecule has 0 aliphatic heterocycles. The van der Waals surface area contributed by atoms with Crippen molar-refractivity contribution in [3.63, 3.8) is 0 Å². The minimum atomic E-state index is -1.00. The van der Waals surface area contributed by atoms with Crippen LogP contribution in [-0.4, -0.2) is 11.1 Å². The van der Waals surface area contributed by atoms with Gasteiger partial charge in [-0.1, -0.05) is 70.4 Å². The molecule has 0 bridgehead atoms. The van der Waals surface area contributed by atoms with Crippen LogP contribution in [0.3, 0.4) is 0 Å². The molecule has 0 fully saturated rings. The summed E-state index contributed by atoms with van der Waals surface area (Å²) in [6.45, 7) is 2.22. The molecular weight excluding hydrogens is 287 g/mol. The molecule has 0 atom stereocenters. The summed E-state index contributed by atoms with van der Waals surface area (Å²) in [6, 6.07) is 4.49. The SMILES string of the molecule is CCCCCCCCCCCc1c([O-])cccc1C(=O)O.[Na+]. The van der Waals surface area contributed by atoms with Crippen molar-refractivity contribution in [1.82, 2.24) is 0 Å². The summed E-state index contributed by atoms with van der Waals surface area (Å²) in [5, 5.41) is 20.8. The molecule has 118 valence electrons. The average molecular weight is 314 g/mol. The number of carboxylic acids is 1. The van der Waals surface area contributed by atoms with Gasteiger partial charge in [-0.2, -0.15) is 0 Å². The van der Waals surface area contributed by atoms with E-state index in [0.717, 1.165) is 12.8 Å². The van der Waals surface area contributed by atoms with Crippen molar-refractivity contribution < 1.29 is 44.6 Å². The van der Waals surface area contributed by atoms with Crippen LogP contribution in [0.2, 0.25) is 0 Å². The van der Waals surface area contributed by atoms with E-state index < -0.39 is 5.97 Å². The summed E-state index contributed by atoms with van der Waals surface area (Å²) in [6.07, 6.45) is 11.5. The number of unbranched alkanes of at least 4 members (excludes halogenated alkanes) is 8. The van der Waals surface area contributed by atoms with Gasteiger partial charge in [-0.25, -0.2) is 4.79 Å². The summed E-state index contributed by atoms with van der Waals surface area (Å²) in [5.74, 6) is -1.15. The van der Waals surface area contributed by atoms with E-state index in [0.29, 0.717) is 12.0 Å². The molecule has 3 nitrogen and oxygen atoms in total. The van der Waals surface area contributed by atoms with Crippen molar-refractivity contribution in [3.8, 4) is 5.75 Å². The van der Waals surface area contributed by atoms with E-state index in [-0.39, 0.29) is 40.9 Å². The van der Waals surface area contributed by atoms with Crippen LogP contribution < -0.4 is 34.7 Å². The third-order valence-electron chi connectivity index (χ3n) is 3.89. The van der Waals surface area contributed by atoms with Crippen molar-refractivity contribution in [2.45, 2.75) is 71.1 Å². The molecular formula is C18H27NaO3. The largest absolute Gasteiger partial charge is 1.00 e. The molecule has 0 saturated heterocycles. The van der Waals surface area contributed by atoms with Gasteiger partial charge in [0.15, 0.2) is 0 Å². The van der Waals surface area contributed by atoms with Crippen LogP contribution in [0.5, 0.6) is 5.75 Å². The molecule has 1 aromatic rings. The Labute approximate surface area is 156 Å². The van der Waals surface area contributed by atoms with Gasteiger partial charge in [-0.15, -0.1) is 5.75 Å². The maximum Gasteiger partial charge on any atom is 1.00 e. The van der Waals surface area contributed by atoms with Crippen molar-refractivity contribution in [1.29, 1.82) is 0 Å². The quantitative estimate of drug-likeness (QED) is 0.498. The monoisotopic (exact) mass is 314 g/mol. The van der Waals surface area contributed by atoms with E-state index in [1.165, 1.54) is 63.1 Å². The van der Waals surface area contributed by atoms with Crippen molar-refractivity contribution >= 4 is 5.97 Å². The van der Waals surface area contributed by atoms with Gasteiger partial charge < -0.3 is 10.2 Å². The number of carbonyl (C=O) groups is 1. The fraction of sp³-hybridized carbons (Fsp3) is 0.611. The predicted octanol–water partition coefficient (Wildman–Crippen LogP) is 1.54. The van der Waals surface area contributed by atoms with Gasteiger partial charge in [0.05, 0.1) is 5.56 Å². The van der Waals surface area contributed by atoms with Gasteiger partial charge in [0, 0.05) is 0 Å². The van der Waals surface area contributed by atoms with E-state index in [1.54, 1.807) is 0 Å². The molecule has 0 amide bonds. The maximum absolute atomic E-state index is 11.7. The summed E-state index contributed by atoms with van der Waals surface area (Å²) in [5.41, 5.74) is 0.634. The second kappa shape index (κ2) is 13.0. The fourth-order valence-corrected chi connectivity index (χ4v) is 2.64. The summed E-state index contributed by atoms with van der Waals surface area (Å²) in [4.78, 5) is 11.1. The number of carboxylic acid groups (broad SMARTS) is 1. The van der Waals surface area contributed by atoms with Gasteiger partial charge >= 0.3 is 35.5 Å². The Morgan fingerprint density at radius 2 is 1.55 bits per heavy atom. The van der Waals surface area contributed by atoms with Crippen LogP contribution in [0, 0.1) is 0 Å². The molecule has 0 saturated carbocycles. The van der Waals surface area contributed by atoms with Crippen LogP contribution in [0.4, 0.5) is 0 Å². The molecule has 1 N–H and O–H groups in total. The van der Waals surface area contributed by atoms with Gasteiger partial charge in [0.25, 0.3) is 0 Å². The zero-order chi connectivity index (χ0) is 15.5. The second-order valence-corrected chi connectivity index (χ2v) is 5.67. The minimum absolute atomic E-state index is 0. The summed E-state index contributed by atoms with van der Waals surface area (Å²) < 4.78 is 0. The van der Waals surface area contributed by atoms with E-state index >= 15 is 0 Å². The van der Waals surface area contributed by atoms with Crippen LogP contribution in [-0.2, 0) is 6.42 Å². The summed E-state index contributed by atoms with van der Waals surface area (Å²) in [7, 11) is 0. The van der Waals surface area contributed by atoms with Gasteiger partial charge in [0.1, 0.15) is 0 Å². The van der Waals surface area contributed by atoms with Crippen LogP contribution in [0.1, 0.15) is 80.6 Å². The number of aromatic carboxylic acids is 1. The Balaban J connectivity index is 0.00000441. The topological polar surface area (TPSA) is 60.4 Å². The zero-order valence-corrected chi connectivity index (χ0v) is 16.1. The first-order chi connectivity index (χ1) is 10.2. The number of rotatable bonds is 11. The third kappa shape index (κ3) is 8.21. The van der Waals surface area contributed by atoms with Crippen LogP contribution in [0.25, 0.3) is 0 Å². The van der Waals surface area contributed by atoms with E-state index in [1.807, 2.05) is 0 Å². The minimum Gasteiger partial charge on any atom is -0.872 e. The van der Waals surface area contributed by atoms with Gasteiger partial charge in [-0.3, -0.25) is 0 Å². The molecule has 1 rings (SSSR count). The first-order valence-electron chi connectivity index (χ1n) is 8.19. The molecule has 0 aromatic heterocycles. The molecule has 0 radical (unpaired) electrons. The first-order valence-corrected chi connectivity index (χ1v) is 8.19. The Hall–Kier alpha value is -0.510. The molecule has 0 unspecified atom stereocenters. The fourth-order valence-electron chi connectivity index (χ4n) is 2.64. The molecule has 4 heteroatoms. The smallest absolute Gasteiger partial charge is 0.872 e. The third-order valence-corrected chi connectivity index (χ3v) is 3.89. The van der Waals surface area contributed by atoms with Crippen molar-refractivity contribution in [3.05, 3.63) is 29.3 Å². The molecule has 0 spiro atoms. The first kappa shape index (κ1) is 21.5. The van der Waals surface area contributed by atoms with E-state index in [4.69, 9.17) is 5.11 Å². The Morgan fingerprint density at radius 3 is 2.09 bits per heavy atom. The van der Waals surface area contributed by atoms with Crippen molar-refractivity contribution in [2.75, 3.05) is 0 Å². The average Bonchev–Trinajstić information content (AvgIpc) is 2.46. The molecule has 0 aliphatic rings. The standard InChI is InChI=1S/C18H28O3.Na/c1-2-3-4-5-6-7-8-9-10-12-15-16(18(20)21)13-11-14-17(15)19;/h11,13-14,19H,2-10,12H2,1H3,(H,20,21);/q;+1/p-1. The van der Waals surface area contributed by atoms with E-state index in [9.17, 15) is 9.90 Å². The second-order valence-electron chi connectivity index (χ2n) is 5.67. The molecule has 22 heavy (non-hydrogen) atoms. The summed E-state index contributed by atoms with van der Waals surface area (Å²) >= 11 is 0. The van der Waals surface area contributed by atoms with Crippen molar-refractivity contribution in [2.24, 2.45) is 0 Å². The molecule has 0 aliphatic carbocycles.